The van der Waals surface area contributed by atoms with Crippen molar-refractivity contribution in [1.29, 1.82) is 0 Å². The number of nitrogens with two attached hydrogens (primary N) is 1. The molecule has 1 aromatic carbocycles. The first-order valence-electron chi connectivity index (χ1n) is 5.49. The first-order valence-corrected chi connectivity index (χ1v) is 5.49. The Balaban J connectivity index is 2.95. The topological polar surface area (TPSA) is 65.1 Å². The van der Waals surface area contributed by atoms with Crippen molar-refractivity contribution in [3.05, 3.63) is 40.2 Å². The Bertz CT molecular complexity index is 656. The van der Waals surface area contributed by atoms with Gasteiger partial charge in [-0.05, 0) is 30.5 Å². The average Bonchev–Trinajstić information content (AvgIpc) is 2.31. The number of carbonyl (C=O) groups is 1. The summed E-state index contributed by atoms with van der Waals surface area (Å²) in [5, 5.41) is 0.845. The number of nitrogens with zero attached hydrogens (tertiary/aromatic N) is 1. The molecule has 0 atom stereocenters. The van der Waals surface area contributed by atoms with Crippen molar-refractivity contribution in [2.75, 3.05) is 5.73 Å². The van der Waals surface area contributed by atoms with E-state index in [0.717, 1.165) is 5.39 Å². The normalized spacial score (nSPS) is 10.7. The number of aromatic nitrogens is 1. The standard InChI is InChI=1S/C13H14N2O2/c1-3-12(16)15-11-7-10(14)5-4-9(11)6-8(2)13(15)17/h4-7H,3,14H2,1-2H3. The van der Waals surface area contributed by atoms with Gasteiger partial charge in [-0.2, -0.15) is 0 Å². The van der Waals surface area contributed by atoms with Crippen LogP contribution in [0, 0.1) is 6.92 Å². The summed E-state index contributed by atoms with van der Waals surface area (Å²) in [6, 6.07) is 7.00. The minimum Gasteiger partial charge on any atom is -0.399 e. The molecule has 0 fully saturated rings. The first-order chi connectivity index (χ1) is 8.04. The lowest BCUT2D eigenvalue weighted by molar-refractivity contribution is 0.0910. The Morgan fingerprint density at radius 3 is 2.71 bits per heavy atom. The van der Waals surface area contributed by atoms with Crippen LogP contribution in [0.15, 0.2) is 29.1 Å². The second-order valence-corrected chi connectivity index (χ2v) is 4.03. The fourth-order valence-corrected chi connectivity index (χ4v) is 1.86. The molecule has 0 saturated carbocycles. The number of fused-ring (bicyclic) bond motifs is 1. The Hall–Kier alpha value is -2.10. The van der Waals surface area contributed by atoms with Crippen molar-refractivity contribution in [3.63, 3.8) is 0 Å². The van der Waals surface area contributed by atoms with Crippen molar-refractivity contribution >= 4 is 22.5 Å². The molecular formula is C13H14N2O2. The summed E-state index contributed by atoms with van der Waals surface area (Å²) in [6.07, 6.45) is 0.285. The highest BCUT2D eigenvalue weighted by Gasteiger charge is 2.11. The van der Waals surface area contributed by atoms with Crippen LogP contribution < -0.4 is 11.3 Å². The summed E-state index contributed by atoms with van der Waals surface area (Å²) in [5.41, 5.74) is 7.10. The highest BCUT2D eigenvalue weighted by atomic mass is 16.2. The van der Waals surface area contributed by atoms with Gasteiger partial charge in [0.25, 0.3) is 5.56 Å². The van der Waals surface area contributed by atoms with Gasteiger partial charge in [0.2, 0.25) is 5.91 Å². The fraction of sp³-hybridized carbons (Fsp3) is 0.231. The smallest absolute Gasteiger partial charge is 0.260 e. The van der Waals surface area contributed by atoms with Gasteiger partial charge in [-0.1, -0.05) is 13.0 Å². The predicted octanol–water partition coefficient (Wildman–Crippen LogP) is 1.94. The zero-order valence-corrected chi connectivity index (χ0v) is 9.86. The molecule has 1 aromatic heterocycles. The minimum atomic E-state index is -0.269. The molecule has 0 amide bonds. The molecule has 2 N–H and O–H groups in total. The third-order valence-corrected chi connectivity index (χ3v) is 2.76. The van der Waals surface area contributed by atoms with Crippen molar-refractivity contribution < 1.29 is 4.79 Å². The van der Waals surface area contributed by atoms with E-state index in [-0.39, 0.29) is 17.9 Å². The molecule has 88 valence electrons. The lowest BCUT2D eigenvalue weighted by Gasteiger charge is -2.09. The first kappa shape index (κ1) is 11.4. The molecule has 0 saturated heterocycles. The fourth-order valence-electron chi connectivity index (χ4n) is 1.86. The van der Waals surface area contributed by atoms with Crippen LogP contribution in [0.1, 0.15) is 23.7 Å². The van der Waals surface area contributed by atoms with Crippen LogP contribution in [0.2, 0.25) is 0 Å². The van der Waals surface area contributed by atoms with Crippen molar-refractivity contribution in [3.8, 4) is 0 Å². The Morgan fingerprint density at radius 2 is 2.06 bits per heavy atom. The lowest BCUT2D eigenvalue weighted by Crippen LogP contribution is -2.28. The molecule has 0 radical (unpaired) electrons. The number of hydrogen-bond donors (Lipinski definition) is 1. The predicted molar refractivity (Wildman–Crippen MR) is 68.3 cm³/mol. The van der Waals surface area contributed by atoms with Crippen LogP contribution >= 0.6 is 0 Å². The van der Waals surface area contributed by atoms with Crippen molar-refractivity contribution in [2.45, 2.75) is 20.3 Å². The summed E-state index contributed by atoms with van der Waals surface area (Å²) in [7, 11) is 0. The quantitative estimate of drug-likeness (QED) is 0.761. The van der Waals surface area contributed by atoms with E-state index >= 15 is 0 Å². The number of nitrogen functional groups attached to an aromatic ring is 1. The maximum Gasteiger partial charge on any atom is 0.260 e. The minimum absolute atomic E-state index is 0.214. The van der Waals surface area contributed by atoms with E-state index in [0.29, 0.717) is 16.8 Å². The molecule has 17 heavy (non-hydrogen) atoms. The number of aryl methyl sites for hydroxylation is 1. The number of rotatable bonds is 1. The van der Waals surface area contributed by atoms with Crippen LogP contribution in [0.3, 0.4) is 0 Å². The summed E-state index contributed by atoms with van der Waals surface area (Å²) in [5.74, 6) is -0.214. The van der Waals surface area contributed by atoms with Gasteiger partial charge in [0, 0.05) is 17.7 Å². The molecule has 2 aromatic rings. The van der Waals surface area contributed by atoms with Crippen LogP contribution in [0.4, 0.5) is 5.69 Å². The zero-order chi connectivity index (χ0) is 12.6. The van der Waals surface area contributed by atoms with Crippen LogP contribution in [-0.4, -0.2) is 10.5 Å². The molecular weight excluding hydrogens is 216 g/mol. The van der Waals surface area contributed by atoms with Gasteiger partial charge in [0.05, 0.1) is 5.52 Å². The number of pyridine rings is 1. The number of hydrogen-bond acceptors (Lipinski definition) is 3. The van der Waals surface area contributed by atoms with Gasteiger partial charge >= 0.3 is 0 Å². The van der Waals surface area contributed by atoms with Gasteiger partial charge in [-0.3, -0.25) is 9.59 Å². The third-order valence-electron chi connectivity index (χ3n) is 2.76. The SMILES string of the molecule is CCC(=O)n1c(=O)c(C)cc2ccc(N)cc21. The van der Waals surface area contributed by atoms with E-state index < -0.39 is 0 Å². The second kappa shape index (κ2) is 4.05. The van der Waals surface area contributed by atoms with Crippen molar-refractivity contribution in [1.82, 2.24) is 4.57 Å². The monoisotopic (exact) mass is 230 g/mol. The summed E-state index contributed by atoms with van der Waals surface area (Å²) in [4.78, 5) is 23.8. The molecule has 0 aliphatic rings. The van der Waals surface area contributed by atoms with Gasteiger partial charge in [0.15, 0.2) is 0 Å². The van der Waals surface area contributed by atoms with E-state index in [9.17, 15) is 9.59 Å². The van der Waals surface area contributed by atoms with Crippen LogP contribution in [0.5, 0.6) is 0 Å². The van der Waals surface area contributed by atoms with Gasteiger partial charge < -0.3 is 5.73 Å². The molecule has 2 rings (SSSR count). The van der Waals surface area contributed by atoms with Gasteiger partial charge in [-0.25, -0.2) is 4.57 Å². The van der Waals surface area contributed by atoms with E-state index in [1.54, 1.807) is 32.0 Å². The molecule has 4 nitrogen and oxygen atoms in total. The van der Waals surface area contributed by atoms with Gasteiger partial charge in [0.1, 0.15) is 0 Å². The highest BCUT2D eigenvalue weighted by molar-refractivity contribution is 5.92. The van der Waals surface area contributed by atoms with Crippen molar-refractivity contribution in [2.24, 2.45) is 0 Å². The lowest BCUT2D eigenvalue weighted by atomic mass is 10.1. The molecule has 0 spiro atoms. The maximum atomic E-state index is 12.0. The summed E-state index contributed by atoms with van der Waals surface area (Å²) < 4.78 is 1.21. The molecule has 0 unspecified atom stereocenters. The zero-order valence-electron chi connectivity index (χ0n) is 9.86. The second-order valence-electron chi connectivity index (χ2n) is 4.03. The number of benzene rings is 1. The van der Waals surface area contributed by atoms with E-state index in [1.165, 1.54) is 4.57 Å². The van der Waals surface area contributed by atoms with E-state index in [4.69, 9.17) is 5.73 Å². The van der Waals surface area contributed by atoms with E-state index in [1.807, 2.05) is 6.07 Å². The molecule has 0 bridgehead atoms. The third kappa shape index (κ3) is 1.82. The maximum absolute atomic E-state index is 12.0. The highest BCUT2D eigenvalue weighted by Crippen LogP contribution is 2.17. The Morgan fingerprint density at radius 1 is 1.35 bits per heavy atom. The molecule has 4 heteroatoms. The molecule has 1 heterocycles. The van der Waals surface area contributed by atoms with Crippen LogP contribution in [0.25, 0.3) is 10.9 Å². The molecule has 0 aliphatic carbocycles. The number of carbonyl (C=O) groups excluding carboxylic acids is 1. The van der Waals surface area contributed by atoms with Gasteiger partial charge in [-0.15, -0.1) is 0 Å². The number of anilines is 1. The van der Waals surface area contributed by atoms with E-state index in [2.05, 4.69) is 0 Å². The van der Waals surface area contributed by atoms with Crippen LogP contribution in [-0.2, 0) is 0 Å². The summed E-state index contributed by atoms with van der Waals surface area (Å²) >= 11 is 0. The Kier molecular flexibility index (Phi) is 2.71. The molecule has 0 aliphatic heterocycles. The Labute approximate surface area is 98.7 Å². The largest absolute Gasteiger partial charge is 0.399 e. The summed E-state index contributed by atoms with van der Waals surface area (Å²) in [6.45, 7) is 3.44. The average molecular weight is 230 g/mol.